The van der Waals surface area contributed by atoms with Gasteiger partial charge in [-0.25, -0.2) is 8.42 Å². The standard InChI is InChI=1S/C12H11NO3S/c1-17(15,16)10-7-8-11(14)13-12(10)9-5-3-2-4-6-9/h2-8H,1H3,(H,13,14). The van der Waals surface area contributed by atoms with E-state index in [0.717, 1.165) is 6.26 Å². The van der Waals surface area contributed by atoms with E-state index in [0.29, 0.717) is 11.3 Å². The van der Waals surface area contributed by atoms with Gasteiger partial charge in [-0.15, -0.1) is 0 Å². The number of benzene rings is 1. The smallest absolute Gasteiger partial charge is 0.248 e. The normalized spacial score (nSPS) is 11.4. The van der Waals surface area contributed by atoms with Crippen LogP contribution in [0.15, 0.2) is 52.2 Å². The molecular weight excluding hydrogens is 238 g/mol. The van der Waals surface area contributed by atoms with Crippen molar-refractivity contribution in [3.8, 4) is 11.3 Å². The fourth-order valence-electron chi connectivity index (χ4n) is 1.59. The molecule has 0 saturated heterocycles. The molecule has 17 heavy (non-hydrogen) atoms. The number of hydrogen-bond donors (Lipinski definition) is 1. The maximum atomic E-state index is 11.6. The van der Waals surface area contributed by atoms with Crippen LogP contribution in [-0.2, 0) is 9.84 Å². The summed E-state index contributed by atoms with van der Waals surface area (Å²) in [6.07, 6.45) is 1.12. The Balaban J connectivity index is 2.77. The van der Waals surface area contributed by atoms with Crippen LogP contribution in [0, 0.1) is 0 Å². The molecule has 0 bridgehead atoms. The van der Waals surface area contributed by atoms with Crippen LogP contribution < -0.4 is 5.56 Å². The molecule has 0 aliphatic rings. The lowest BCUT2D eigenvalue weighted by atomic mass is 10.1. The van der Waals surface area contributed by atoms with E-state index in [4.69, 9.17) is 0 Å². The minimum Gasteiger partial charge on any atom is -0.321 e. The highest BCUT2D eigenvalue weighted by Crippen LogP contribution is 2.23. The predicted octanol–water partition coefficient (Wildman–Crippen LogP) is 1.45. The lowest BCUT2D eigenvalue weighted by molar-refractivity contribution is 0.602. The lowest BCUT2D eigenvalue weighted by Crippen LogP contribution is -2.10. The first-order valence-electron chi connectivity index (χ1n) is 4.97. The Hall–Kier alpha value is -1.88. The van der Waals surface area contributed by atoms with E-state index in [1.807, 2.05) is 6.07 Å². The van der Waals surface area contributed by atoms with Crippen LogP contribution in [0.2, 0.25) is 0 Å². The van der Waals surface area contributed by atoms with E-state index < -0.39 is 9.84 Å². The van der Waals surface area contributed by atoms with Crippen molar-refractivity contribution in [3.05, 3.63) is 52.8 Å². The Morgan fingerprint density at radius 1 is 1.00 bits per heavy atom. The number of rotatable bonds is 2. The van der Waals surface area contributed by atoms with Gasteiger partial charge in [-0.05, 0) is 11.6 Å². The fourth-order valence-corrected chi connectivity index (χ4v) is 2.44. The molecule has 0 fully saturated rings. The molecule has 0 aliphatic carbocycles. The molecule has 0 radical (unpaired) electrons. The number of hydrogen-bond acceptors (Lipinski definition) is 3. The van der Waals surface area contributed by atoms with Crippen LogP contribution in [0.3, 0.4) is 0 Å². The Kier molecular flexibility index (Phi) is 2.85. The molecule has 0 unspecified atom stereocenters. The van der Waals surface area contributed by atoms with Gasteiger partial charge in [0.2, 0.25) is 5.56 Å². The van der Waals surface area contributed by atoms with E-state index in [9.17, 15) is 13.2 Å². The van der Waals surface area contributed by atoms with Crippen LogP contribution in [0.1, 0.15) is 0 Å². The van der Waals surface area contributed by atoms with Gasteiger partial charge in [-0.2, -0.15) is 0 Å². The summed E-state index contributed by atoms with van der Waals surface area (Å²) in [5.41, 5.74) is 0.683. The summed E-state index contributed by atoms with van der Waals surface area (Å²) in [6.45, 7) is 0. The first kappa shape index (κ1) is 11.6. The summed E-state index contributed by atoms with van der Waals surface area (Å²) in [4.78, 5) is 14.0. The second kappa shape index (κ2) is 4.18. The molecule has 4 nitrogen and oxygen atoms in total. The summed E-state index contributed by atoms with van der Waals surface area (Å²) >= 11 is 0. The van der Waals surface area contributed by atoms with Gasteiger partial charge in [-0.3, -0.25) is 4.79 Å². The average Bonchev–Trinajstić information content (AvgIpc) is 2.28. The van der Waals surface area contributed by atoms with Crippen LogP contribution in [0.5, 0.6) is 0 Å². The van der Waals surface area contributed by atoms with Crippen molar-refractivity contribution in [2.45, 2.75) is 4.90 Å². The van der Waals surface area contributed by atoms with Crippen molar-refractivity contribution >= 4 is 9.84 Å². The minimum atomic E-state index is -3.37. The van der Waals surface area contributed by atoms with Gasteiger partial charge in [0.05, 0.1) is 10.6 Å². The van der Waals surface area contributed by atoms with E-state index in [1.165, 1.54) is 12.1 Å². The van der Waals surface area contributed by atoms with Crippen LogP contribution in [-0.4, -0.2) is 19.7 Å². The molecule has 0 amide bonds. The maximum absolute atomic E-state index is 11.6. The Morgan fingerprint density at radius 2 is 1.65 bits per heavy atom. The summed E-state index contributed by atoms with van der Waals surface area (Å²) in [7, 11) is -3.37. The average molecular weight is 249 g/mol. The van der Waals surface area contributed by atoms with Crippen LogP contribution in [0.4, 0.5) is 0 Å². The second-order valence-electron chi connectivity index (χ2n) is 3.70. The molecular formula is C12H11NO3S. The zero-order valence-electron chi connectivity index (χ0n) is 9.17. The lowest BCUT2D eigenvalue weighted by Gasteiger charge is -2.07. The first-order chi connectivity index (χ1) is 7.98. The Labute approximate surface area is 98.9 Å². The van der Waals surface area contributed by atoms with Crippen LogP contribution in [0.25, 0.3) is 11.3 Å². The van der Waals surface area contributed by atoms with Crippen LogP contribution >= 0.6 is 0 Å². The molecule has 1 N–H and O–H groups in total. The monoisotopic (exact) mass is 249 g/mol. The highest BCUT2D eigenvalue weighted by molar-refractivity contribution is 7.90. The Morgan fingerprint density at radius 3 is 2.24 bits per heavy atom. The summed E-state index contributed by atoms with van der Waals surface area (Å²) in [5, 5.41) is 0. The molecule has 2 aromatic rings. The summed E-state index contributed by atoms with van der Waals surface area (Å²) in [6, 6.07) is 11.4. The van der Waals surface area contributed by atoms with Gasteiger partial charge in [0, 0.05) is 12.3 Å². The SMILES string of the molecule is CS(=O)(=O)c1ccc(=O)[nH]c1-c1ccccc1. The van der Waals surface area contributed by atoms with Gasteiger partial charge in [0.15, 0.2) is 9.84 Å². The predicted molar refractivity (Wildman–Crippen MR) is 65.6 cm³/mol. The van der Waals surface area contributed by atoms with Crippen molar-refractivity contribution in [1.29, 1.82) is 0 Å². The summed E-state index contributed by atoms with van der Waals surface area (Å²) < 4.78 is 23.2. The van der Waals surface area contributed by atoms with E-state index in [2.05, 4.69) is 4.98 Å². The topological polar surface area (TPSA) is 67.0 Å². The first-order valence-corrected chi connectivity index (χ1v) is 6.86. The summed E-state index contributed by atoms with van der Waals surface area (Å²) in [5.74, 6) is 0. The Bertz CT molecular complexity index is 687. The third kappa shape index (κ3) is 2.45. The van der Waals surface area contributed by atoms with Gasteiger partial charge in [0.25, 0.3) is 0 Å². The zero-order chi connectivity index (χ0) is 12.5. The molecule has 0 aliphatic heterocycles. The largest absolute Gasteiger partial charge is 0.321 e. The fraction of sp³-hybridized carbons (Fsp3) is 0.0833. The molecule has 0 spiro atoms. The third-order valence-corrected chi connectivity index (χ3v) is 3.48. The van der Waals surface area contributed by atoms with Crippen molar-refractivity contribution in [1.82, 2.24) is 4.98 Å². The number of aromatic amines is 1. The molecule has 1 heterocycles. The molecule has 2 rings (SSSR count). The number of nitrogens with one attached hydrogen (secondary N) is 1. The van der Waals surface area contributed by atoms with E-state index in [-0.39, 0.29) is 10.5 Å². The van der Waals surface area contributed by atoms with Crippen molar-refractivity contribution in [3.63, 3.8) is 0 Å². The number of H-pyrrole nitrogens is 1. The van der Waals surface area contributed by atoms with Gasteiger partial charge in [0.1, 0.15) is 0 Å². The molecule has 0 saturated carbocycles. The molecule has 1 aromatic carbocycles. The maximum Gasteiger partial charge on any atom is 0.248 e. The number of sulfone groups is 1. The molecule has 1 aromatic heterocycles. The highest BCUT2D eigenvalue weighted by Gasteiger charge is 2.14. The quantitative estimate of drug-likeness (QED) is 0.875. The van der Waals surface area contributed by atoms with Gasteiger partial charge in [-0.1, -0.05) is 30.3 Å². The second-order valence-corrected chi connectivity index (χ2v) is 5.68. The number of aromatic nitrogens is 1. The minimum absolute atomic E-state index is 0.128. The molecule has 0 atom stereocenters. The van der Waals surface area contributed by atoms with Crippen molar-refractivity contribution < 1.29 is 8.42 Å². The zero-order valence-corrected chi connectivity index (χ0v) is 9.99. The third-order valence-electron chi connectivity index (χ3n) is 2.34. The highest BCUT2D eigenvalue weighted by atomic mass is 32.2. The van der Waals surface area contributed by atoms with E-state index in [1.54, 1.807) is 24.3 Å². The van der Waals surface area contributed by atoms with Crippen molar-refractivity contribution in [2.24, 2.45) is 0 Å². The number of pyridine rings is 1. The van der Waals surface area contributed by atoms with Gasteiger partial charge >= 0.3 is 0 Å². The molecule has 5 heteroatoms. The van der Waals surface area contributed by atoms with Gasteiger partial charge < -0.3 is 4.98 Å². The molecule has 88 valence electrons. The van der Waals surface area contributed by atoms with E-state index >= 15 is 0 Å². The van der Waals surface area contributed by atoms with Crippen molar-refractivity contribution in [2.75, 3.05) is 6.26 Å².